The van der Waals surface area contributed by atoms with Crippen LogP contribution in [-0.4, -0.2) is 37.2 Å². The van der Waals surface area contributed by atoms with Gasteiger partial charge in [0, 0.05) is 6.54 Å². The van der Waals surface area contributed by atoms with E-state index in [2.05, 4.69) is 29.4 Å². The van der Waals surface area contributed by atoms with Gasteiger partial charge in [0.05, 0.1) is 6.17 Å². The Balaban J connectivity index is 3.74. The highest BCUT2D eigenvalue weighted by Crippen LogP contribution is 1.93. The lowest BCUT2D eigenvalue weighted by atomic mass is 10.3. The number of rotatable bonds is 8. The van der Waals surface area contributed by atoms with E-state index >= 15 is 0 Å². The molecule has 0 spiro atoms. The Kier molecular flexibility index (Phi) is 8.30. The molecular weight excluding hydrogens is 176 g/mol. The van der Waals surface area contributed by atoms with Crippen LogP contribution in [0.15, 0.2) is 0 Å². The molecule has 0 saturated heterocycles. The van der Waals surface area contributed by atoms with Crippen LogP contribution in [0.4, 0.5) is 0 Å². The van der Waals surface area contributed by atoms with Gasteiger partial charge in [0.1, 0.15) is 0 Å². The molecule has 2 N–H and O–H groups in total. The molecule has 4 nitrogen and oxygen atoms in total. The lowest BCUT2D eigenvalue weighted by Crippen LogP contribution is -2.42. The quantitative estimate of drug-likeness (QED) is 0.343. The standard InChI is InChI=1S/C10H22N4/c1-4-12-10(13-9-11)7-8-14(5-2)6-3/h10,12-13H,4-8H2,1-3H3. The summed E-state index contributed by atoms with van der Waals surface area (Å²) in [4.78, 5) is 2.35. The average molecular weight is 198 g/mol. The maximum atomic E-state index is 8.53. The fraction of sp³-hybridized carbons (Fsp3) is 0.900. The van der Waals surface area contributed by atoms with Crippen molar-refractivity contribution < 1.29 is 0 Å². The van der Waals surface area contributed by atoms with Crippen LogP contribution >= 0.6 is 0 Å². The normalized spacial score (nSPS) is 12.5. The number of hydrogen-bond acceptors (Lipinski definition) is 4. The third kappa shape index (κ3) is 5.79. The molecule has 4 heteroatoms. The second-order valence-electron chi connectivity index (χ2n) is 3.18. The van der Waals surface area contributed by atoms with Crippen molar-refractivity contribution in [2.75, 3.05) is 26.2 Å². The summed E-state index contributed by atoms with van der Waals surface area (Å²) in [6.45, 7) is 10.4. The van der Waals surface area contributed by atoms with Crippen LogP contribution in [0, 0.1) is 11.5 Å². The zero-order valence-electron chi connectivity index (χ0n) is 9.51. The molecule has 82 valence electrons. The molecule has 1 atom stereocenters. The average Bonchev–Trinajstić information content (AvgIpc) is 2.20. The molecule has 14 heavy (non-hydrogen) atoms. The number of hydrogen-bond donors (Lipinski definition) is 2. The molecule has 0 aliphatic heterocycles. The third-order valence-electron chi connectivity index (χ3n) is 2.32. The van der Waals surface area contributed by atoms with E-state index in [1.165, 1.54) is 0 Å². The molecule has 0 aliphatic carbocycles. The van der Waals surface area contributed by atoms with E-state index in [0.29, 0.717) is 0 Å². The lowest BCUT2D eigenvalue weighted by molar-refractivity contribution is 0.276. The van der Waals surface area contributed by atoms with E-state index in [1.54, 1.807) is 0 Å². The van der Waals surface area contributed by atoms with E-state index in [4.69, 9.17) is 5.26 Å². The molecule has 0 aromatic rings. The first kappa shape index (κ1) is 13.2. The van der Waals surface area contributed by atoms with Crippen molar-refractivity contribution in [3.05, 3.63) is 0 Å². The maximum Gasteiger partial charge on any atom is 0.177 e. The van der Waals surface area contributed by atoms with Crippen LogP contribution in [0.25, 0.3) is 0 Å². The molecule has 0 aromatic carbocycles. The predicted molar refractivity (Wildman–Crippen MR) is 58.6 cm³/mol. The van der Waals surface area contributed by atoms with E-state index < -0.39 is 0 Å². The van der Waals surface area contributed by atoms with Gasteiger partial charge in [0.25, 0.3) is 0 Å². The van der Waals surface area contributed by atoms with Gasteiger partial charge in [-0.05, 0) is 26.1 Å². The van der Waals surface area contributed by atoms with E-state index in [0.717, 1.165) is 32.6 Å². The highest BCUT2D eigenvalue weighted by atomic mass is 15.1. The van der Waals surface area contributed by atoms with Gasteiger partial charge in [-0.3, -0.25) is 5.32 Å². The van der Waals surface area contributed by atoms with Crippen molar-refractivity contribution in [3.63, 3.8) is 0 Å². The van der Waals surface area contributed by atoms with Gasteiger partial charge in [-0.15, -0.1) is 0 Å². The van der Waals surface area contributed by atoms with Crippen LogP contribution in [0.2, 0.25) is 0 Å². The number of nitrogens with zero attached hydrogens (tertiary/aromatic N) is 2. The molecule has 0 rings (SSSR count). The molecule has 0 heterocycles. The Hall–Kier alpha value is -0.790. The topological polar surface area (TPSA) is 51.1 Å². The first-order valence-electron chi connectivity index (χ1n) is 5.38. The third-order valence-corrected chi connectivity index (χ3v) is 2.32. The first-order chi connectivity index (χ1) is 6.78. The fourth-order valence-corrected chi connectivity index (χ4v) is 1.40. The van der Waals surface area contributed by atoms with E-state index in [1.807, 2.05) is 13.1 Å². The van der Waals surface area contributed by atoms with Gasteiger partial charge in [0.15, 0.2) is 6.19 Å². The maximum absolute atomic E-state index is 8.53. The highest BCUT2D eigenvalue weighted by molar-refractivity contribution is 4.75. The molecule has 0 radical (unpaired) electrons. The van der Waals surface area contributed by atoms with Crippen molar-refractivity contribution in [2.24, 2.45) is 0 Å². The van der Waals surface area contributed by atoms with E-state index in [-0.39, 0.29) is 6.17 Å². The van der Waals surface area contributed by atoms with Gasteiger partial charge in [-0.1, -0.05) is 20.8 Å². The molecule has 1 unspecified atom stereocenters. The minimum atomic E-state index is 0.116. The smallest absolute Gasteiger partial charge is 0.177 e. The summed E-state index contributed by atoms with van der Waals surface area (Å²) < 4.78 is 0. The van der Waals surface area contributed by atoms with Gasteiger partial charge >= 0.3 is 0 Å². The highest BCUT2D eigenvalue weighted by Gasteiger charge is 2.07. The molecule has 0 aromatic heterocycles. The van der Waals surface area contributed by atoms with Crippen molar-refractivity contribution in [2.45, 2.75) is 33.4 Å². The Bertz CT molecular complexity index is 160. The monoisotopic (exact) mass is 198 g/mol. The minimum absolute atomic E-state index is 0.116. The summed E-state index contributed by atoms with van der Waals surface area (Å²) in [6, 6.07) is 0. The second kappa shape index (κ2) is 8.79. The summed E-state index contributed by atoms with van der Waals surface area (Å²) in [5.41, 5.74) is 0. The molecule has 0 saturated carbocycles. The van der Waals surface area contributed by atoms with Gasteiger partial charge in [0.2, 0.25) is 0 Å². The predicted octanol–water partition coefficient (Wildman–Crippen LogP) is 0.725. The summed E-state index contributed by atoms with van der Waals surface area (Å²) in [7, 11) is 0. The fourth-order valence-electron chi connectivity index (χ4n) is 1.40. The Morgan fingerprint density at radius 1 is 1.29 bits per heavy atom. The van der Waals surface area contributed by atoms with Crippen molar-refractivity contribution >= 4 is 0 Å². The molecule has 0 bridgehead atoms. The zero-order chi connectivity index (χ0) is 10.8. The van der Waals surface area contributed by atoms with Gasteiger partial charge < -0.3 is 10.2 Å². The van der Waals surface area contributed by atoms with Crippen LogP contribution in [-0.2, 0) is 0 Å². The van der Waals surface area contributed by atoms with Crippen LogP contribution in [0.3, 0.4) is 0 Å². The first-order valence-corrected chi connectivity index (χ1v) is 5.38. The van der Waals surface area contributed by atoms with Crippen molar-refractivity contribution in [1.82, 2.24) is 15.5 Å². The lowest BCUT2D eigenvalue weighted by Gasteiger charge is -2.22. The van der Waals surface area contributed by atoms with Gasteiger partial charge in [-0.25, -0.2) is 0 Å². The number of nitriles is 1. The largest absolute Gasteiger partial charge is 0.308 e. The zero-order valence-corrected chi connectivity index (χ0v) is 9.51. The van der Waals surface area contributed by atoms with Crippen molar-refractivity contribution in [3.8, 4) is 6.19 Å². The summed E-state index contributed by atoms with van der Waals surface area (Å²) >= 11 is 0. The Morgan fingerprint density at radius 3 is 2.36 bits per heavy atom. The van der Waals surface area contributed by atoms with Gasteiger partial charge in [-0.2, -0.15) is 5.26 Å². The second-order valence-corrected chi connectivity index (χ2v) is 3.18. The summed E-state index contributed by atoms with van der Waals surface area (Å²) in [5, 5.41) is 14.5. The molecule has 0 amide bonds. The molecule has 0 aliphatic rings. The Morgan fingerprint density at radius 2 is 1.93 bits per heavy atom. The van der Waals surface area contributed by atoms with Crippen LogP contribution in [0.1, 0.15) is 27.2 Å². The number of nitrogens with one attached hydrogen (secondary N) is 2. The summed E-state index contributed by atoms with van der Waals surface area (Å²) in [6.07, 6.45) is 3.06. The molecule has 0 fully saturated rings. The summed E-state index contributed by atoms with van der Waals surface area (Å²) in [5.74, 6) is 0. The van der Waals surface area contributed by atoms with E-state index in [9.17, 15) is 0 Å². The van der Waals surface area contributed by atoms with Crippen LogP contribution in [0.5, 0.6) is 0 Å². The SMILES string of the molecule is CCNC(CCN(CC)CC)NC#N. The van der Waals surface area contributed by atoms with Crippen LogP contribution < -0.4 is 10.6 Å². The minimum Gasteiger partial charge on any atom is -0.308 e. The Labute approximate surface area is 87.3 Å². The van der Waals surface area contributed by atoms with Crippen molar-refractivity contribution in [1.29, 1.82) is 5.26 Å². The molecular formula is C10H22N4.